The predicted octanol–water partition coefficient (Wildman–Crippen LogP) is 1.67. The third kappa shape index (κ3) is 7.20. The van der Waals surface area contributed by atoms with Crippen LogP contribution in [0.5, 0.6) is 5.75 Å². The van der Waals surface area contributed by atoms with Crippen molar-refractivity contribution in [3.05, 3.63) is 47.1 Å². The summed E-state index contributed by atoms with van der Waals surface area (Å²) < 4.78 is 36.1. The molecule has 0 aliphatic rings. The maximum Gasteiger partial charge on any atom is 0.300 e. The minimum absolute atomic E-state index is 0.00635. The van der Waals surface area contributed by atoms with E-state index in [-0.39, 0.29) is 43.4 Å². The van der Waals surface area contributed by atoms with Crippen molar-refractivity contribution >= 4 is 33.4 Å². The molecule has 0 bridgehead atoms. The summed E-state index contributed by atoms with van der Waals surface area (Å²) in [6.45, 7) is 2.08. The molecule has 9 nitrogen and oxygen atoms in total. The normalized spacial score (nSPS) is 11.1. The first-order valence-electron chi connectivity index (χ1n) is 8.36. The molecule has 0 radical (unpaired) electrons. The highest BCUT2D eigenvalue weighted by Gasteiger charge is 2.20. The second kappa shape index (κ2) is 10.1. The number of sulfonamides is 1. The number of hydrogen-bond acceptors (Lipinski definition) is 7. The Kier molecular flexibility index (Phi) is 7.82. The SMILES string of the molecule is Cc1ccoc1C(=O)NS(=O)(=O)CCCC(=O)NCCOc1cncc(Cl)c1. The zero-order valence-corrected chi connectivity index (χ0v) is 16.7. The second-order valence-corrected chi connectivity index (χ2v) is 8.10. The van der Waals surface area contributed by atoms with Gasteiger partial charge in [-0.15, -0.1) is 0 Å². The minimum atomic E-state index is -3.87. The number of pyridine rings is 1. The van der Waals surface area contributed by atoms with E-state index < -0.39 is 15.9 Å². The fourth-order valence-electron chi connectivity index (χ4n) is 2.19. The van der Waals surface area contributed by atoms with E-state index in [4.69, 9.17) is 20.8 Å². The summed E-state index contributed by atoms with van der Waals surface area (Å²) in [6, 6.07) is 3.15. The molecule has 2 amide bonds. The van der Waals surface area contributed by atoms with Gasteiger partial charge in [-0.05, 0) is 19.4 Å². The van der Waals surface area contributed by atoms with Crippen molar-refractivity contribution < 1.29 is 27.2 Å². The summed E-state index contributed by atoms with van der Waals surface area (Å²) in [4.78, 5) is 27.5. The lowest BCUT2D eigenvalue weighted by atomic mass is 10.3. The largest absolute Gasteiger partial charge is 0.490 e. The number of furan rings is 1. The van der Waals surface area contributed by atoms with Gasteiger partial charge in [-0.2, -0.15) is 0 Å². The van der Waals surface area contributed by atoms with Gasteiger partial charge in [0.25, 0.3) is 0 Å². The van der Waals surface area contributed by atoms with E-state index in [1.54, 1.807) is 19.1 Å². The van der Waals surface area contributed by atoms with Crippen LogP contribution < -0.4 is 14.8 Å². The first-order chi connectivity index (χ1) is 13.3. The molecule has 0 aliphatic carbocycles. The van der Waals surface area contributed by atoms with Gasteiger partial charge in [0.1, 0.15) is 12.4 Å². The van der Waals surface area contributed by atoms with Crippen LogP contribution in [-0.4, -0.2) is 44.1 Å². The second-order valence-electron chi connectivity index (χ2n) is 5.82. The first kappa shape index (κ1) is 21.7. The molecule has 0 spiro atoms. The lowest BCUT2D eigenvalue weighted by Gasteiger charge is -2.08. The van der Waals surface area contributed by atoms with E-state index in [0.29, 0.717) is 16.3 Å². The number of carbonyl (C=O) groups is 2. The Hall–Kier alpha value is -2.59. The molecule has 0 fully saturated rings. The van der Waals surface area contributed by atoms with Crippen LogP contribution in [0.15, 0.2) is 35.2 Å². The molecular weight excluding hydrogens is 410 g/mol. The molecule has 11 heteroatoms. The maximum absolute atomic E-state index is 11.9. The van der Waals surface area contributed by atoms with E-state index in [2.05, 4.69) is 10.3 Å². The topological polar surface area (TPSA) is 128 Å². The number of rotatable bonds is 10. The van der Waals surface area contributed by atoms with Gasteiger partial charge in [-0.3, -0.25) is 14.6 Å². The van der Waals surface area contributed by atoms with Crippen molar-refractivity contribution in [3.63, 3.8) is 0 Å². The Morgan fingerprint density at radius 3 is 2.79 bits per heavy atom. The highest BCUT2D eigenvalue weighted by atomic mass is 35.5. The Bertz CT molecular complexity index is 928. The van der Waals surface area contributed by atoms with Crippen molar-refractivity contribution in [2.24, 2.45) is 0 Å². The molecule has 2 heterocycles. The van der Waals surface area contributed by atoms with Crippen LogP contribution in [0.2, 0.25) is 5.02 Å². The lowest BCUT2D eigenvalue weighted by molar-refractivity contribution is -0.121. The number of aromatic nitrogens is 1. The standard InChI is InChI=1S/C17H20ClN3O6S/c1-12-4-6-27-16(12)17(23)21-28(24,25)8-2-3-15(22)20-5-7-26-14-9-13(18)10-19-11-14/h4,6,9-11H,2-3,5,7-8H2,1H3,(H,20,22)(H,21,23). The molecule has 0 aromatic carbocycles. The maximum atomic E-state index is 11.9. The summed E-state index contributed by atoms with van der Waals surface area (Å²) in [5.41, 5.74) is 0.530. The van der Waals surface area contributed by atoms with Crippen molar-refractivity contribution in [2.45, 2.75) is 19.8 Å². The molecule has 0 saturated carbocycles. The fraction of sp³-hybridized carbons (Fsp3) is 0.353. The number of hydrogen-bond donors (Lipinski definition) is 2. The van der Waals surface area contributed by atoms with Crippen molar-refractivity contribution in [1.82, 2.24) is 15.0 Å². The van der Waals surface area contributed by atoms with E-state index in [1.807, 2.05) is 4.72 Å². The predicted molar refractivity (Wildman–Crippen MR) is 102 cm³/mol. The molecule has 2 aromatic heterocycles. The average Bonchev–Trinajstić information content (AvgIpc) is 3.04. The van der Waals surface area contributed by atoms with Gasteiger partial charge in [0.2, 0.25) is 15.9 Å². The summed E-state index contributed by atoms with van der Waals surface area (Å²) in [7, 11) is -3.87. The number of aryl methyl sites for hydroxylation is 1. The lowest BCUT2D eigenvalue weighted by Crippen LogP contribution is -2.33. The number of ether oxygens (including phenoxy) is 1. The third-order valence-corrected chi connectivity index (χ3v) is 5.04. The van der Waals surface area contributed by atoms with Gasteiger partial charge in [0, 0.05) is 24.2 Å². The summed E-state index contributed by atoms with van der Waals surface area (Å²) in [5, 5.41) is 3.05. The van der Waals surface area contributed by atoms with Gasteiger partial charge < -0.3 is 14.5 Å². The minimum Gasteiger partial charge on any atom is -0.490 e. The van der Waals surface area contributed by atoms with E-state index in [9.17, 15) is 18.0 Å². The van der Waals surface area contributed by atoms with Crippen molar-refractivity contribution in [3.8, 4) is 5.75 Å². The number of amides is 2. The molecule has 152 valence electrons. The Morgan fingerprint density at radius 2 is 2.11 bits per heavy atom. The van der Waals surface area contributed by atoms with Gasteiger partial charge in [-0.25, -0.2) is 13.1 Å². The van der Waals surface area contributed by atoms with Crippen molar-refractivity contribution in [2.75, 3.05) is 18.9 Å². The zero-order valence-electron chi connectivity index (χ0n) is 15.1. The molecule has 28 heavy (non-hydrogen) atoms. The van der Waals surface area contributed by atoms with Gasteiger partial charge in [0.05, 0.1) is 29.8 Å². The first-order valence-corrected chi connectivity index (χ1v) is 10.4. The molecule has 2 rings (SSSR count). The molecule has 0 atom stereocenters. The molecule has 2 aromatic rings. The van der Waals surface area contributed by atoms with E-state index in [0.717, 1.165) is 0 Å². The van der Waals surface area contributed by atoms with Crippen LogP contribution in [-0.2, 0) is 14.8 Å². The third-order valence-electron chi connectivity index (χ3n) is 3.51. The van der Waals surface area contributed by atoms with Crippen LogP contribution in [0.3, 0.4) is 0 Å². The summed E-state index contributed by atoms with van der Waals surface area (Å²) >= 11 is 5.78. The Labute approximate surface area is 167 Å². The van der Waals surface area contributed by atoms with Crippen LogP contribution in [0.25, 0.3) is 0 Å². The average molecular weight is 430 g/mol. The Morgan fingerprint density at radius 1 is 1.32 bits per heavy atom. The highest BCUT2D eigenvalue weighted by molar-refractivity contribution is 7.90. The highest BCUT2D eigenvalue weighted by Crippen LogP contribution is 2.14. The van der Waals surface area contributed by atoms with Gasteiger partial charge in [-0.1, -0.05) is 11.6 Å². The molecule has 2 N–H and O–H groups in total. The van der Waals surface area contributed by atoms with Crippen LogP contribution in [0, 0.1) is 6.92 Å². The van der Waals surface area contributed by atoms with E-state index >= 15 is 0 Å². The number of nitrogens with one attached hydrogen (secondary N) is 2. The van der Waals surface area contributed by atoms with Crippen molar-refractivity contribution in [1.29, 1.82) is 0 Å². The monoisotopic (exact) mass is 429 g/mol. The van der Waals surface area contributed by atoms with E-state index in [1.165, 1.54) is 18.7 Å². The molecule has 0 unspecified atom stereocenters. The zero-order chi connectivity index (χ0) is 20.6. The number of nitrogens with zero attached hydrogens (tertiary/aromatic N) is 1. The molecule has 0 aliphatic heterocycles. The van der Waals surface area contributed by atoms with Gasteiger partial charge >= 0.3 is 5.91 Å². The Balaban J connectivity index is 1.64. The van der Waals surface area contributed by atoms with Crippen LogP contribution >= 0.6 is 11.6 Å². The summed E-state index contributed by atoms with van der Waals surface area (Å²) in [5.74, 6) is -1.10. The smallest absolute Gasteiger partial charge is 0.300 e. The quantitative estimate of drug-likeness (QED) is 0.550. The van der Waals surface area contributed by atoms with Gasteiger partial charge in [0.15, 0.2) is 5.76 Å². The van der Waals surface area contributed by atoms with Crippen LogP contribution in [0.1, 0.15) is 29.0 Å². The number of halogens is 1. The molecule has 0 saturated heterocycles. The number of carbonyl (C=O) groups excluding carboxylic acids is 2. The molecular formula is C17H20ClN3O6S. The summed E-state index contributed by atoms with van der Waals surface area (Å²) in [6.07, 6.45) is 4.32. The van der Waals surface area contributed by atoms with Crippen LogP contribution in [0.4, 0.5) is 0 Å². The fourth-order valence-corrected chi connectivity index (χ4v) is 3.35.